The summed E-state index contributed by atoms with van der Waals surface area (Å²) in [5, 5.41) is 9.21. The van der Waals surface area contributed by atoms with Crippen LogP contribution in [0.25, 0.3) is 0 Å². The lowest BCUT2D eigenvalue weighted by molar-refractivity contribution is -0.174. The van der Waals surface area contributed by atoms with E-state index in [1.807, 2.05) is 0 Å². The van der Waals surface area contributed by atoms with Crippen molar-refractivity contribution in [2.45, 2.75) is 104 Å². The van der Waals surface area contributed by atoms with E-state index in [-0.39, 0.29) is 46.6 Å². The van der Waals surface area contributed by atoms with Crippen LogP contribution in [0, 0.1) is 51.8 Å². The maximum Gasteiger partial charge on any atom is 0.303 e. The number of hydrogen-bond donors (Lipinski definition) is 1. The van der Waals surface area contributed by atoms with Crippen LogP contribution in [0.5, 0.6) is 0 Å². The number of ether oxygens (including phenoxy) is 1. The first-order valence-electron chi connectivity index (χ1n) is 13.5. The lowest BCUT2D eigenvalue weighted by Gasteiger charge is -2.61. The van der Waals surface area contributed by atoms with Crippen molar-refractivity contribution in [3.63, 3.8) is 0 Å². The second-order valence-electron chi connectivity index (χ2n) is 12.7. The van der Waals surface area contributed by atoms with Crippen molar-refractivity contribution in [2.24, 2.45) is 51.8 Å². The summed E-state index contributed by atoms with van der Waals surface area (Å²) in [6.07, 6.45) is 10.6. The van der Waals surface area contributed by atoms with Crippen molar-refractivity contribution in [2.75, 3.05) is 0 Å². The summed E-state index contributed by atoms with van der Waals surface area (Å²) in [5.41, 5.74) is 0.732. The quantitative estimate of drug-likeness (QED) is 0.521. The number of fused-ring (bicyclic) bond motifs is 4. The van der Waals surface area contributed by atoms with Gasteiger partial charge in [-0.05, 0) is 104 Å². The van der Waals surface area contributed by atoms with Crippen LogP contribution in [-0.2, 0) is 19.1 Å². The van der Waals surface area contributed by atoms with Gasteiger partial charge in [0.15, 0.2) is 0 Å². The first-order valence-corrected chi connectivity index (χ1v) is 13.5. The third-order valence-electron chi connectivity index (χ3n) is 11.8. The summed E-state index contributed by atoms with van der Waals surface area (Å²) in [6.45, 7) is 8.39. The molecule has 0 bridgehead atoms. The highest BCUT2D eigenvalue weighted by atomic mass is 16.5. The number of carbonyl (C=O) groups is 3. The standard InChI is InChI=1S/C28H42O5/c1-5-19-22-14-18(33-17(3)29)8-11-26(22,4)20-9-13-28-15-27(28,16(2)6-7-23(30)31)12-10-21(28)24(20)25(19)32/h16,18-22,24H,5-15H2,1-4H3,(H,30,31)/t16-,18-,19-,20?,21?,22+,24?,26-,27?,28-/m1/s1. The van der Waals surface area contributed by atoms with E-state index >= 15 is 0 Å². The van der Waals surface area contributed by atoms with E-state index in [0.717, 1.165) is 44.9 Å². The Bertz CT molecular complexity index is 851. The zero-order valence-corrected chi connectivity index (χ0v) is 20.9. The number of aliphatic carboxylic acids is 1. The van der Waals surface area contributed by atoms with Crippen LogP contribution in [0.1, 0.15) is 98.3 Å². The van der Waals surface area contributed by atoms with Crippen LogP contribution < -0.4 is 0 Å². The van der Waals surface area contributed by atoms with Crippen molar-refractivity contribution < 1.29 is 24.2 Å². The molecule has 0 radical (unpaired) electrons. The summed E-state index contributed by atoms with van der Waals surface area (Å²) in [4.78, 5) is 36.9. The van der Waals surface area contributed by atoms with E-state index in [1.54, 1.807) is 0 Å². The summed E-state index contributed by atoms with van der Waals surface area (Å²) >= 11 is 0. The van der Waals surface area contributed by atoms with Gasteiger partial charge in [-0.2, -0.15) is 0 Å². The predicted molar refractivity (Wildman–Crippen MR) is 124 cm³/mol. The minimum Gasteiger partial charge on any atom is -0.481 e. The highest BCUT2D eigenvalue weighted by molar-refractivity contribution is 5.86. The fourth-order valence-corrected chi connectivity index (χ4v) is 10.3. The first-order chi connectivity index (χ1) is 15.6. The molecule has 0 heterocycles. The molecule has 0 aromatic rings. The van der Waals surface area contributed by atoms with Crippen LogP contribution in [-0.4, -0.2) is 28.9 Å². The molecule has 5 aliphatic carbocycles. The second kappa shape index (κ2) is 7.81. The average molecular weight is 459 g/mol. The van der Waals surface area contributed by atoms with E-state index in [4.69, 9.17) is 4.74 Å². The van der Waals surface area contributed by atoms with Crippen molar-refractivity contribution in [1.29, 1.82) is 0 Å². The molecule has 0 aliphatic heterocycles. The lowest BCUT2D eigenvalue weighted by Crippen LogP contribution is -2.59. The van der Waals surface area contributed by atoms with Gasteiger partial charge in [-0.3, -0.25) is 14.4 Å². The Morgan fingerprint density at radius 1 is 1.12 bits per heavy atom. The summed E-state index contributed by atoms with van der Waals surface area (Å²) < 4.78 is 5.63. The topological polar surface area (TPSA) is 80.7 Å². The number of Topliss-reactive ketones (excluding diaryl/α,β-unsaturated/α-hetero) is 1. The van der Waals surface area contributed by atoms with Gasteiger partial charge in [-0.15, -0.1) is 0 Å². The van der Waals surface area contributed by atoms with Gasteiger partial charge < -0.3 is 9.84 Å². The van der Waals surface area contributed by atoms with Crippen LogP contribution >= 0.6 is 0 Å². The molecule has 5 fully saturated rings. The molecule has 1 spiro atoms. The van der Waals surface area contributed by atoms with E-state index in [2.05, 4.69) is 20.8 Å². The van der Waals surface area contributed by atoms with Crippen molar-refractivity contribution in [3.05, 3.63) is 0 Å². The van der Waals surface area contributed by atoms with Crippen LogP contribution in [0.4, 0.5) is 0 Å². The Morgan fingerprint density at radius 3 is 2.52 bits per heavy atom. The fourth-order valence-electron chi connectivity index (χ4n) is 10.3. The van der Waals surface area contributed by atoms with E-state index in [9.17, 15) is 19.5 Å². The number of carbonyl (C=O) groups excluding carboxylic acids is 2. The maximum absolute atomic E-state index is 14.1. The molecule has 5 nitrogen and oxygen atoms in total. The third kappa shape index (κ3) is 3.19. The number of hydrogen-bond acceptors (Lipinski definition) is 4. The summed E-state index contributed by atoms with van der Waals surface area (Å²) in [7, 11) is 0. The van der Waals surface area contributed by atoms with Gasteiger partial charge >= 0.3 is 11.9 Å². The van der Waals surface area contributed by atoms with Crippen LogP contribution in [0.2, 0.25) is 0 Å². The molecule has 1 N–H and O–H groups in total. The molecule has 5 aliphatic rings. The van der Waals surface area contributed by atoms with E-state index in [1.165, 1.54) is 26.2 Å². The molecule has 184 valence electrons. The highest BCUT2D eigenvalue weighted by Crippen LogP contribution is 2.85. The molecule has 0 aromatic carbocycles. The number of rotatable bonds is 6. The summed E-state index contributed by atoms with van der Waals surface area (Å²) in [5.74, 6) is 1.59. The first kappa shape index (κ1) is 23.4. The molecule has 0 amide bonds. The Morgan fingerprint density at radius 2 is 1.85 bits per heavy atom. The molecule has 5 saturated carbocycles. The smallest absolute Gasteiger partial charge is 0.303 e. The zero-order valence-electron chi connectivity index (χ0n) is 20.9. The van der Waals surface area contributed by atoms with Gasteiger partial charge in [0.2, 0.25) is 0 Å². The average Bonchev–Trinajstić information content (AvgIpc) is 3.29. The van der Waals surface area contributed by atoms with Gasteiger partial charge in [-0.1, -0.05) is 20.8 Å². The Hall–Kier alpha value is -1.39. The van der Waals surface area contributed by atoms with Crippen molar-refractivity contribution in [1.82, 2.24) is 0 Å². The Labute approximate surface area is 198 Å². The number of carboxylic acids is 1. The van der Waals surface area contributed by atoms with Crippen LogP contribution in [0.3, 0.4) is 0 Å². The molecule has 5 heteroatoms. The molecule has 5 rings (SSSR count). The largest absolute Gasteiger partial charge is 0.481 e. The van der Waals surface area contributed by atoms with Gasteiger partial charge in [0.1, 0.15) is 11.9 Å². The predicted octanol–water partition coefficient (Wildman–Crippen LogP) is 5.65. The monoisotopic (exact) mass is 458 g/mol. The van der Waals surface area contributed by atoms with Gasteiger partial charge in [0.05, 0.1) is 0 Å². The minimum absolute atomic E-state index is 0.0356. The van der Waals surface area contributed by atoms with Crippen LogP contribution in [0.15, 0.2) is 0 Å². The van der Waals surface area contributed by atoms with E-state index in [0.29, 0.717) is 29.5 Å². The molecule has 10 atom stereocenters. The van der Waals surface area contributed by atoms with Crippen molar-refractivity contribution >= 4 is 17.7 Å². The van der Waals surface area contributed by atoms with Gasteiger partial charge in [0, 0.05) is 25.2 Å². The molecule has 4 unspecified atom stereocenters. The third-order valence-corrected chi connectivity index (χ3v) is 11.8. The number of esters is 1. The summed E-state index contributed by atoms with van der Waals surface area (Å²) in [6, 6.07) is 0. The molecule has 0 saturated heterocycles. The van der Waals surface area contributed by atoms with Gasteiger partial charge in [0.25, 0.3) is 0 Å². The number of carboxylic acid groups (broad SMARTS) is 1. The fraction of sp³-hybridized carbons (Fsp3) is 0.893. The Balaban J connectivity index is 1.41. The van der Waals surface area contributed by atoms with Gasteiger partial charge in [-0.25, -0.2) is 0 Å². The highest BCUT2D eigenvalue weighted by Gasteiger charge is 2.78. The van der Waals surface area contributed by atoms with E-state index < -0.39 is 5.97 Å². The second-order valence-corrected chi connectivity index (χ2v) is 12.7. The minimum atomic E-state index is -0.692. The molecular formula is C28H42O5. The SMILES string of the molecule is CC[C@H]1C(=O)C2C3CCC4([C@H](C)CCC(=O)O)C[C@]34CCC2[C@@]2(C)CC[C@@H](OC(C)=O)C[C@@H]12. The Kier molecular flexibility index (Phi) is 5.53. The molecular weight excluding hydrogens is 416 g/mol. The lowest BCUT2D eigenvalue weighted by atomic mass is 9.43. The normalized spacial score (nSPS) is 48.7. The maximum atomic E-state index is 14.1. The molecule has 33 heavy (non-hydrogen) atoms. The van der Waals surface area contributed by atoms with Crippen molar-refractivity contribution in [3.8, 4) is 0 Å². The number of ketones is 1. The zero-order chi connectivity index (χ0) is 23.8. The molecule has 0 aromatic heterocycles.